The highest BCUT2D eigenvalue weighted by Gasteiger charge is 2.18. The lowest BCUT2D eigenvalue weighted by Crippen LogP contribution is -2.49. The van der Waals surface area contributed by atoms with Crippen molar-refractivity contribution in [2.24, 2.45) is 0 Å². The molecule has 1 aliphatic rings. The van der Waals surface area contributed by atoms with E-state index in [2.05, 4.69) is 34.0 Å². The van der Waals surface area contributed by atoms with E-state index in [0.29, 0.717) is 18.5 Å². The number of aromatic nitrogens is 2. The van der Waals surface area contributed by atoms with Crippen molar-refractivity contribution in [1.29, 1.82) is 0 Å². The maximum absolute atomic E-state index is 5.52. The van der Waals surface area contributed by atoms with E-state index in [1.807, 2.05) is 6.07 Å². The highest BCUT2D eigenvalue weighted by atomic mass is 16.5. The smallest absolute Gasteiger partial charge is 0.228 e. The van der Waals surface area contributed by atoms with Crippen molar-refractivity contribution in [2.45, 2.75) is 26.3 Å². The number of anilines is 1. The Labute approximate surface area is 102 Å². The predicted octanol–water partition coefficient (Wildman–Crippen LogP) is 1.06. The average molecular weight is 236 g/mol. The quantitative estimate of drug-likeness (QED) is 0.847. The zero-order chi connectivity index (χ0) is 12.1. The van der Waals surface area contributed by atoms with Crippen LogP contribution in [-0.2, 0) is 0 Å². The Morgan fingerprint density at radius 1 is 1.59 bits per heavy atom. The van der Waals surface area contributed by atoms with Crippen molar-refractivity contribution < 1.29 is 4.74 Å². The lowest BCUT2D eigenvalue weighted by Gasteiger charge is -2.31. The highest BCUT2D eigenvalue weighted by Crippen LogP contribution is 2.14. The lowest BCUT2D eigenvalue weighted by molar-refractivity contribution is 0.304. The van der Waals surface area contributed by atoms with Crippen molar-refractivity contribution in [1.82, 2.24) is 15.3 Å². The molecule has 0 bridgehead atoms. The highest BCUT2D eigenvalue weighted by molar-refractivity contribution is 5.33. The minimum absolute atomic E-state index is 0.479. The van der Waals surface area contributed by atoms with Crippen molar-refractivity contribution in [3.63, 3.8) is 0 Å². The monoisotopic (exact) mass is 236 g/mol. The molecule has 1 fully saturated rings. The van der Waals surface area contributed by atoms with E-state index in [9.17, 15) is 0 Å². The molecule has 5 nitrogen and oxygen atoms in total. The molecule has 1 N–H and O–H groups in total. The molecule has 0 radical (unpaired) electrons. The summed E-state index contributed by atoms with van der Waals surface area (Å²) in [6.45, 7) is 7.82. The van der Waals surface area contributed by atoms with Gasteiger partial charge in [-0.15, -0.1) is 0 Å². The molecular formula is C12H20N4O. The number of nitrogens with zero attached hydrogens (tertiary/aromatic N) is 3. The van der Waals surface area contributed by atoms with Crippen LogP contribution in [0.3, 0.4) is 0 Å². The van der Waals surface area contributed by atoms with Gasteiger partial charge in [-0.25, -0.2) is 4.98 Å². The van der Waals surface area contributed by atoms with Gasteiger partial charge in [0.2, 0.25) is 11.8 Å². The fourth-order valence-electron chi connectivity index (χ4n) is 1.89. The van der Waals surface area contributed by atoms with Crippen LogP contribution in [0.2, 0.25) is 0 Å². The molecule has 17 heavy (non-hydrogen) atoms. The van der Waals surface area contributed by atoms with E-state index in [4.69, 9.17) is 4.74 Å². The van der Waals surface area contributed by atoms with Crippen molar-refractivity contribution in [2.75, 3.05) is 31.1 Å². The Balaban J connectivity index is 2.04. The molecule has 0 aromatic carbocycles. The lowest BCUT2D eigenvalue weighted by atomic mass is 10.2. The van der Waals surface area contributed by atoms with Gasteiger partial charge in [0.05, 0.1) is 6.61 Å². The van der Waals surface area contributed by atoms with Gasteiger partial charge in [0.1, 0.15) is 0 Å². The summed E-state index contributed by atoms with van der Waals surface area (Å²) >= 11 is 0. The molecule has 1 aliphatic heterocycles. The van der Waals surface area contributed by atoms with Gasteiger partial charge in [0.15, 0.2) is 0 Å². The van der Waals surface area contributed by atoms with Crippen LogP contribution in [0, 0.1) is 0 Å². The Morgan fingerprint density at radius 3 is 3.24 bits per heavy atom. The van der Waals surface area contributed by atoms with Gasteiger partial charge >= 0.3 is 0 Å². The fourth-order valence-corrected chi connectivity index (χ4v) is 1.89. The molecule has 1 aromatic heterocycles. The van der Waals surface area contributed by atoms with E-state index in [1.54, 1.807) is 6.20 Å². The molecule has 0 aliphatic carbocycles. The first-order valence-electron chi connectivity index (χ1n) is 6.23. The molecule has 1 saturated heterocycles. The third-order valence-corrected chi connectivity index (χ3v) is 2.72. The van der Waals surface area contributed by atoms with Gasteiger partial charge in [-0.1, -0.05) is 6.92 Å². The molecule has 5 heteroatoms. The van der Waals surface area contributed by atoms with Crippen molar-refractivity contribution >= 4 is 5.95 Å². The minimum atomic E-state index is 0.479. The summed E-state index contributed by atoms with van der Waals surface area (Å²) in [7, 11) is 0. The van der Waals surface area contributed by atoms with Crippen LogP contribution in [-0.4, -0.2) is 42.3 Å². The van der Waals surface area contributed by atoms with Gasteiger partial charge in [-0.3, -0.25) is 0 Å². The first-order valence-corrected chi connectivity index (χ1v) is 6.23. The SMILES string of the molecule is CCCOc1ccnc(N2CCN[C@@H](C)C2)n1. The average Bonchev–Trinajstić information content (AvgIpc) is 2.37. The van der Waals surface area contributed by atoms with E-state index in [-0.39, 0.29) is 0 Å². The van der Waals surface area contributed by atoms with E-state index < -0.39 is 0 Å². The zero-order valence-electron chi connectivity index (χ0n) is 10.5. The Hall–Kier alpha value is -1.36. The number of rotatable bonds is 4. The summed E-state index contributed by atoms with van der Waals surface area (Å²) in [5.74, 6) is 1.44. The van der Waals surface area contributed by atoms with Gasteiger partial charge in [-0.2, -0.15) is 4.98 Å². The summed E-state index contributed by atoms with van der Waals surface area (Å²) in [4.78, 5) is 10.9. The van der Waals surface area contributed by atoms with Crippen LogP contribution in [0.1, 0.15) is 20.3 Å². The van der Waals surface area contributed by atoms with Gasteiger partial charge in [-0.05, 0) is 13.3 Å². The molecule has 0 unspecified atom stereocenters. The first-order chi connectivity index (χ1) is 8.29. The van der Waals surface area contributed by atoms with Gasteiger partial charge in [0, 0.05) is 37.9 Å². The Morgan fingerprint density at radius 2 is 2.47 bits per heavy atom. The molecule has 2 heterocycles. The minimum Gasteiger partial charge on any atom is -0.478 e. The number of nitrogens with one attached hydrogen (secondary N) is 1. The first kappa shape index (κ1) is 12.1. The summed E-state index contributed by atoms with van der Waals surface area (Å²) in [5.41, 5.74) is 0. The molecule has 1 aromatic rings. The van der Waals surface area contributed by atoms with Crippen LogP contribution in [0.25, 0.3) is 0 Å². The second kappa shape index (κ2) is 5.82. The third-order valence-electron chi connectivity index (χ3n) is 2.72. The molecular weight excluding hydrogens is 216 g/mol. The van der Waals surface area contributed by atoms with E-state index >= 15 is 0 Å². The van der Waals surface area contributed by atoms with Crippen molar-refractivity contribution in [3.05, 3.63) is 12.3 Å². The number of piperazine rings is 1. The zero-order valence-corrected chi connectivity index (χ0v) is 10.5. The predicted molar refractivity (Wildman–Crippen MR) is 67.5 cm³/mol. The van der Waals surface area contributed by atoms with Crippen LogP contribution in [0.15, 0.2) is 12.3 Å². The van der Waals surface area contributed by atoms with Crippen molar-refractivity contribution in [3.8, 4) is 5.88 Å². The molecule has 0 spiro atoms. The largest absolute Gasteiger partial charge is 0.478 e. The third kappa shape index (κ3) is 3.30. The topological polar surface area (TPSA) is 50.3 Å². The van der Waals surface area contributed by atoms with Crippen LogP contribution >= 0.6 is 0 Å². The number of hydrogen-bond donors (Lipinski definition) is 1. The maximum Gasteiger partial charge on any atom is 0.228 e. The molecule has 0 saturated carbocycles. The Bertz CT molecular complexity index is 358. The summed E-state index contributed by atoms with van der Waals surface area (Å²) in [5, 5.41) is 3.40. The maximum atomic E-state index is 5.52. The Kier molecular flexibility index (Phi) is 4.14. The second-order valence-electron chi connectivity index (χ2n) is 4.34. The fraction of sp³-hybridized carbons (Fsp3) is 0.667. The second-order valence-corrected chi connectivity index (χ2v) is 4.34. The van der Waals surface area contributed by atoms with Gasteiger partial charge in [0.25, 0.3) is 0 Å². The summed E-state index contributed by atoms with van der Waals surface area (Å²) in [6.07, 6.45) is 2.75. The molecule has 1 atom stereocenters. The standard InChI is InChI=1S/C12H20N4O/c1-3-8-17-11-4-5-14-12(15-11)16-7-6-13-10(2)9-16/h4-5,10,13H,3,6-9H2,1-2H3/t10-/m0/s1. The normalized spacial score (nSPS) is 20.4. The molecule has 94 valence electrons. The van der Waals surface area contributed by atoms with Crippen LogP contribution in [0.4, 0.5) is 5.95 Å². The molecule has 0 amide bonds. The van der Waals surface area contributed by atoms with Crippen LogP contribution < -0.4 is 15.0 Å². The molecule has 2 rings (SSSR count). The number of hydrogen-bond acceptors (Lipinski definition) is 5. The van der Waals surface area contributed by atoms with Crippen LogP contribution in [0.5, 0.6) is 5.88 Å². The summed E-state index contributed by atoms with van der Waals surface area (Å²) < 4.78 is 5.52. The van der Waals surface area contributed by atoms with E-state index in [0.717, 1.165) is 32.0 Å². The number of ether oxygens (including phenoxy) is 1. The van der Waals surface area contributed by atoms with Gasteiger partial charge < -0.3 is 15.0 Å². The van der Waals surface area contributed by atoms with E-state index in [1.165, 1.54) is 0 Å². The summed E-state index contributed by atoms with van der Waals surface area (Å²) in [6, 6.07) is 2.29.